The molecule has 3 unspecified atom stereocenters. The normalized spacial score (nSPS) is 37.9. The van der Waals surface area contributed by atoms with Gasteiger partial charge in [-0.15, -0.1) is 0 Å². The van der Waals surface area contributed by atoms with Crippen molar-refractivity contribution in [2.24, 2.45) is 11.8 Å². The van der Waals surface area contributed by atoms with Crippen molar-refractivity contribution in [2.45, 2.75) is 56.7 Å². The molecule has 0 aromatic carbocycles. The van der Waals surface area contributed by atoms with E-state index in [0.29, 0.717) is 24.7 Å². The number of alkyl halides is 3. The van der Waals surface area contributed by atoms with Crippen molar-refractivity contribution in [3.05, 3.63) is 0 Å². The van der Waals surface area contributed by atoms with Gasteiger partial charge in [0, 0.05) is 5.92 Å². The molecule has 0 saturated heterocycles. The van der Waals surface area contributed by atoms with Crippen LogP contribution in [0.1, 0.15) is 44.9 Å². The minimum Gasteiger partial charge on any atom is -0.378 e. The Labute approximate surface area is 99.4 Å². The van der Waals surface area contributed by atoms with Crippen LogP contribution in [-0.2, 0) is 0 Å². The molecule has 2 saturated carbocycles. The molecule has 1 N–H and O–H groups in total. The van der Waals surface area contributed by atoms with Crippen LogP contribution in [0.5, 0.6) is 0 Å². The highest BCUT2D eigenvalue weighted by Crippen LogP contribution is 2.44. The molecule has 0 amide bonds. The van der Waals surface area contributed by atoms with Crippen LogP contribution in [0.15, 0.2) is 0 Å². The van der Waals surface area contributed by atoms with Gasteiger partial charge in [-0.3, -0.25) is 0 Å². The zero-order chi connectivity index (χ0) is 12.5. The van der Waals surface area contributed by atoms with Gasteiger partial charge in [0.05, 0.1) is 0 Å². The van der Waals surface area contributed by atoms with E-state index in [9.17, 15) is 18.3 Å². The quantitative estimate of drug-likeness (QED) is 0.650. The van der Waals surface area contributed by atoms with Gasteiger partial charge in [0.15, 0.2) is 0 Å². The molecule has 0 aromatic heterocycles. The van der Waals surface area contributed by atoms with E-state index in [1.54, 1.807) is 0 Å². The van der Waals surface area contributed by atoms with E-state index in [2.05, 4.69) is 5.92 Å². The second-order valence-corrected chi connectivity index (χ2v) is 5.33. The molecule has 0 radical (unpaired) electrons. The average Bonchev–Trinajstić information content (AvgIpc) is 2.26. The summed E-state index contributed by atoms with van der Waals surface area (Å²) in [5, 5.41) is 10.1. The molecule has 2 fully saturated rings. The molecule has 2 rings (SSSR count). The van der Waals surface area contributed by atoms with E-state index in [1.807, 2.05) is 0 Å². The van der Waals surface area contributed by atoms with Crippen molar-refractivity contribution in [3.8, 4) is 11.8 Å². The summed E-state index contributed by atoms with van der Waals surface area (Å²) in [7, 11) is 0. The predicted octanol–water partition coefficient (Wildman–Crippen LogP) is 3.27. The Hall–Kier alpha value is -0.690. The van der Waals surface area contributed by atoms with Gasteiger partial charge in [-0.2, -0.15) is 13.2 Å². The van der Waals surface area contributed by atoms with Crippen LogP contribution in [0, 0.1) is 23.7 Å². The van der Waals surface area contributed by atoms with Crippen molar-refractivity contribution in [1.29, 1.82) is 0 Å². The molecular formula is C13H17F3O. The number of rotatable bonds is 0. The third kappa shape index (κ3) is 3.38. The Balaban J connectivity index is 2.04. The molecular weight excluding hydrogens is 229 g/mol. The molecule has 0 spiro atoms. The summed E-state index contributed by atoms with van der Waals surface area (Å²) < 4.78 is 36.1. The summed E-state index contributed by atoms with van der Waals surface area (Å²) in [6.45, 7) is 0. The maximum absolute atomic E-state index is 12.0. The zero-order valence-electron chi connectivity index (χ0n) is 9.69. The third-order valence-electron chi connectivity index (χ3n) is 4.03. The van der Waals surface area contributed by atoms with Gasteiger partial charge >= 0.3 is 6.18 Å². The topological polar surface area (TPSA) is 20.2 Å². The zero-order valence-corrected chi connectivity index (χ0v) is 9.69. The molecule has 0 bridgehead atoms. The second kappa shape index (κ2) is 4.53. The Kier molecular flexibility index (Phi) is 3.40. The first-order valence-corrected chi connectivity index (χ1v) is 6.21. The van der Waals surface area contributed by atoms with Crippen molar-refractivity contribution in [3.63, 3.8) is 0 Å². The van der Waals surface area contributed by atoms with Crippen molar-refractivity contribution in [1.82, 2.24) is 0 Å². The van der Waals surface area contributed by atoms with E-state index in [1.165, 1.54) is 12.3 Å². The first-order valence-electron chi connectivity index (χ1n) is 6.21. The van der Waals surface area contributed by atoms with Crippen LogP contribution in [0.25, 0.3) is 0 Å². The summed E-state index contributed by atoms with van der Waals surface area (Å²) in [5.41, 5.74) is -1.41. The molecule has 2 aliphatic rings. The van der Waals surface area contributed by atoms with Crippen molar-refractivity contribution < 1.29 is 18.3 Å². The molecule has 4 heteroatoms. The largest absolute Gasteiger partial charge is 0.457 e. The average molecular weight is 246 g/mol. The molecule has 0 aliphatic heterocycles. The van der Waals surface area contributed by atoms with Crippen LogP contribution in [0.2, 0.25) is 0 Å². The molecule has 17 heavy (non-hydrogen) atoms. The van der Waals surface area contributed by atoms with E-state index >= 15 is 0 Å². The highest BCUT2D eigenvalue weighted by atomic mass is 19.4. The van der Waals surface area contributed by atoms with Gasteiger partial charge in [-0.25, -0.2) is 0 Å². The van der Waals surface area contributed by atoms with Gasteiger partial charge in [-0.1, -0.05) is 31.6 Å². The lowest BCUT2D eigenvalue weighted by Gasteiger charge is -2.41. The fourth-order valence-corrected chi connectivity index (χ4v) is 3.19. The van der Waals surface area contributed by atoms with E-state index in [0.717, 1.165) is 25.7 Å². The Morgan fingerprint density at radius 1 is 1.06 bits per heavy atom. The Morgan fingerprint density at radius 2 is 1.71 bits per heavy atom. The standard InChI is InChI=1S/C13H17F3O/c14-13(15,16)8-7-12(17)6-5-10-3-1-2-4-11(10)9-12/h10-11,17H,1-6,9H2. The first kappa shape index (κ1) is 12.8. The SMILES string of the molecule is OC1(C#CC(F)(F)F)CCC2CCCCC2C1. The third-order valence-corrected chi connectivity index (χ3v) is 4.03. The van der Waals surface area contributed by atoms with Crippen molar-refractivity contribution in [2.75, 3.05) is 0 Å². The summed E-state index contributed by atoms with van der Waals surface area (Å²) in [5.74, 6) is 4.24. The maximum atomic E-state index is 12.0. The molecule has 1 nitrogen and oxygen atoms in total. The predicted molar refractivity (Wildman–Crippen MR) is 58.1 cm³/mol. The number of hydrogen-bond acceptors (Lipinski definition) is 1. The summed E-state index contributed by atoms with van der Waals surface area (Å²) in [6, 6.07) is 0. The Bertz CT molecular complexity index is 339. The summed E-state index contributed by atoms with van der Waals surface area (Å²) in [4.78, 5) is 0. The van der Waals surface area contributed by atoms with Crippen LogP contribution in [0.3, 0.4) is 0 Å². The fourth-order valence-electron chi connectivity index (χ4n) is 3.19. The lowest BCUT2D eigenvalue weighted by molar-refractivity contribution is -0.0711. The maximum Gasteiger partial charge on any atom is 0.457 e. The van der Waals surface area contributed by atoms with Crippen LogP contribution in [0.4, 0.5) is 13.2 Å². The number of fused-ring (bicyclic) bond motifs is 1. The van der Waals surface area contributed by atoms with E-state index in [-0.39, 0.29) is 0 Å². The van der Waals surface area contributed by atoms with Gasteiger partial charge in [0.2, 0.25) is 0 Å². The second-order valence-electron chi connectivity index (χ2n) is 5.33. The van der Waals surface area contributed by atoms with Crippen LogP contribution in [-0.4, -0.2) is 16.9 Å². The van der Waals surface area contributed by atoms with Crippen LogP contribution < -0.4 is 0 Å². The smallest absolute Gasteiger partial charge is 0.378 e. The summed E-state index contributed by atoms with van der Waals surface area (Å²) >= 11 is 0. The summed E-state index contributed by atoms with van der Waals surface area (Å²) in [6.07, 6.45) is 1.65. The van der Waals surface area contributed by atoms with Gasteiger partial charge in [0.25, 0.3) is 0 Å². The molecule has 3 atom stereocenters. The highest BCUT2D eigenvalue weighted by molar-refractivity contribution is 5.18. The monoisotopic (exact) mass is 246 g/mol. The fraction of sp³-hybridized carbons (Fsp3) is 0.846. The van der Waals surface area contributed by atoms with Gasteiger partial charge in [-0.05, 0) is 31.1 Å². The van der Waals surface area contributed by atoms with Crippen molar-refractivity contribution >= 4 is 0 Å². The number of aliphatic hydroxyl groups is 1. The first-order chi connectivity index (χ1) is 7.88. The Morgan fingerprint density at radius 3 is 2.35 bits per heavy atom. The lowest BCUT2D eigenvalue weighted by Crippen LogP contribution is -2.39. The minimum absolute atomic E-state index is 0.366. The minimum atomic E-state index is -4.50. The van der Waals surface area contributed by atoms with Gasteiger partial charge in [0.1, 0.15) is 5.60 Å². The van der Waals surface area contributed by atoms with Crippen LogP contribution >= 0.6 is 0 Å². The number of halogens is 3. The highest BCUT2D eigenvalue weighted by Gasteiger charge is 2.39. The molecule has 0 aromatic rings. The van der Waals surface area contributed by atoms with E-state index < -0.39 is 11.8 Å². The van der Waals surface area contributed by atoms with E-state index in [4.69, 9.17) is 0 Å². The molecule has 96 valence electrons. The van der Waals surface area contributed by atoms with Gasteiger partial charge < -0.3 is 5.11 Å². The molecule has 0 heterocycles. The number of hydrogen-bond donors (Lipinski definition) is 1. The molecule has 2 aliphatic carbocycles. The lowest BCUT2D eigenvalue weighted by atomic mass is 9.66.